The number of aryl methyl sites for hydroxylation is 2. The molecule has 4 heteroatoms. The maximum atomic E-state index is 12.2. The highest BCUT2D eigenvalue weighted by Gasteiger charge is 2.25. The first kappa shape index (κ1) is 16.0. The van der Waals surface area contributed by atoms with Crippen molar-refractivity contribution in [3.63, 3.8) is 0 Å². The van der Waals surface area contributed by atoms with Gasteiger partial charge in [-0.05, 0) is 30.9 Å². The molecular weight excluding hydrogens is 262 g/mol. The van der Waals surface area contributed by atoms with E-state index in [1.807, 2.05) is 25.1 Å². The van der Waals surface area contributed by atoms with Crippen molar-refractivity contribution in [3.8, 4) is 0 Å². The van der Waals surface area contributed by atoms with Gasteiger partial charge in [-0.15, -0.1) is 11.6 Å². The summed E-state index contributed by atoms with van der Waals surface area (Å²) in [5, 5.41) is 0. The number of benzene rings is 1. The Hall–Kier alpha value is -1.06. The molecule has 0 spiro atoms. The maximum absolute atomic E-state index is 12.2. The van der Waals surface area contributed by atoms with Crippen LogP contribution in [0.3, 0.4) is 0 Å². The lowest BCUT2D eigenvalue weighted by Crippen LogP contribution is -2.41. The second kappa shape index (κ2) is 7.51. The standard InChI is InChI=1S/C15H22ClNO2/c1-5-12-8-7-9-13(6-2)15(12)17(11(3)19-4)14(18)10-16/h7-9,11H,5-6,10H2,1-4H3. The Balaban J connectivity index is 3.39. The summed E-state index contributed by atoms with van der Waals surface area (Å²) in [6.45, 7) is 6.02. The number of nitrogens with zero attached hydrogens (tertiary/aromatic N) is 1. The quantitative estimate of drug-likeness (QED) is 0.592. The summed E-state index contributed by atoms with van der Waals surface area (Å²) in [4.78, 5) is 13.8. The number of anilines is 1. The molecule has 0 N–H and O–H groups in total. The Morgan fingerprint density at radius 3 is 2.21 bits per heavy atom. The zero-order valence-electron chi connectivity index (χ0n) is 12.1. The van der Waals surface area contributed by atoms with Gasteiger partial charge in [-0.2, -0.15) is 0 Å². The van der Waals surface area contributed by atoms with Gasteiger partial charge in [0, 0.05) is 7.11 Å². The highest BCUT2D eigenvalue weighted by molar-refractivity contribution is 6.29. The van der Waals surface area contributed by atoms with Crippen LogP contribution in [0.15, 0.2) is 18.2 Å². The normalized spacial score (nSPS) is 12.3. The minimum absolute atomic E-state index is 0.0467. The van der Waals surface area contributed by atoms with Gasteiger partial charge in [-0.1, -0.05) is 32.0 Å². The largest absolute Gasteiger partial charge is 0.361 e. The smallest absolute Gasteiger partial charge is 0.244 e. The van der Waals surface area contributed by atoms with Crippen LogP contribution in [0.4, 0.5) is 5.69 Å². The van der Waals surface area contributed by atoms with Crippen molar-refractivity contribution in [2.75, 3.05) is 17.9 Å². The molecule has 3 nitrogen and oxygen atoms in total. The number of hydrogen-bond donors (Lipinski definition) is 0. The van der Waals surface area contributed by atoms with E-state index in [0.717, 1.165) is 29.7 Å². The fourth-order valence-electron chi connectivity index (χ4n) is 2.20. The van der Waals surface area contributed by atoms with Gasteiger partial charge < -0.3 is 4.74 Å². The van der Waals surface area contributed by atoms with Crippen molar-refractivity contribution in [2.45, 2.75) is 39.8 Å². The van der Waals surface area contributed by atoms with Gasteiger partial charge in [0.1, 0.15) is 12.1 Å². The second-order valence-corrected chi connectivity index (χ2v) is 4.63. The average molecular weight is 284 g/mol. The molecule has 106 valence electrons. The van der Waals surface area contributed by atoms with Crippen LogP contribution in [-0.4, -0.2) is 25.1 Å². The zero-order chi connectivity index (χ0) is 14.4. The van der Waals surface area contributed by atoms with Crippen molar-refractivity contribution in [1.82, 2.24) is 0 Å². The molecule has 0 radical (unpaired) electrons. The number of para-hydroxylation sites is 1. The Kier molecular flexibility index (Phi) is 6.32. The highest BCUT2D eigenvalue weighted by Crippen LogP contribution is 2.29. The number of hydrogen-bond acceptors (Lipinski definition) is 2. The van der Waals surface area contributed by atoms with Crippen LogP contribution < -0.4 is 4.90 Å². The van der Waals surface area contributed by atoms with Gasteiger partial charge in [0.25, 0.3) is 0 Å². The average Bonchev–Trinajstić information content (AvgIpc) is 2.46. The van der Waals surface area contributed by atoms with Crippen LogP contribution in [0.1, 0.15) is 31.9 Å². The SMILES string of the molecule is CCc1cccc(CC)c1N(C(=O)CCl)C(C)OC. The topological polar surface area (TPSA) is 29.5 Å². The summed E-state index contributed by atoms with van der Waals surface area (Å²) < 4.78 is 5.34. The lowest BCUT2D eigenvalue weighted by Gasteiger charge is -2.31. The Bertz CT molecular complexity index is 412. The second-order valence-electron chi connectivity index (χ2n) is 4.36. The van der Waals surface area contributed by atoms with Crippen LogP contribution in [0.5, 0.6) is 0 Å². The summed E-state index contributed by atoms with van der Waals surface area (Å²) in [6.07, 6.45) is 1.40. The molecule has 0 saturated carbocycles. The van der Waals surface area contributed by atoms with Gasteiger partial charge in [-0.25, -0.2) is 0 Å². The molecule has 1 aromatic rings. The van der Waals surface area contributed by atoms with E-state index in [4.69, 9.17) is 16.3 Å². The first-order valence-electron chi connectivity index (χ1n) is 6.62. The van der Waals surface area contributed by atoms with E-state index in [9.17, 15) is 4.79 Å². The number of carbonyl (C=O) groups is 1. The molecule has 19 heavy (non-hydrogen) atoms. The Labute approximate surface area is 120 Å². The lowest BCUT2D eigenvalue weighted by atomic mass is 10.0. The summed E-state index contributed by atoms with van der Waals surface area (Å²) >= 11 is 5.74. The molecule has 1 rings (SSSR count). The first-order valence-corrected chi connectivity index (χ1v) is 7.15. The van der Waals surface area contributed by atoms with Crippen molar-refractivity contribution in [1.29, 1.82) is 0 Å². The molecule has 0 aliphatic rings. The minimum atomic E-state index is -0.329. The summed E-state index contributed by atoms with van der Waals surface area (Å²) in [6, 6.07) is 6.12. The summed E-state index contributed by atoms with van der Waals surface area (Å²) in [5.74, 6) is -0.179. The fraction of sp³-hybridized carbons (Fsp3) is 0.533. The number of methoxy groups -OCH3 is 1. The number of alkyl halides is 1. The third kappa shape index (κ3) is 3.48. The molecule has 1 atom stereocenters. The predicted octanol–water partition coefficient (Wildman–Crippen LogP) is 3.38. The lowest BCUT2D eigenvalue weighted by molar-refractivity contribution is -0.118. The number of amides is 1. The number of halogens is 1. The molecule has 1 aromatic carbocycles. The van der Waals surface area contributed by atoms with E-state index < -0.39 is 0 Å². The predicted molar refractivity (Wildman–Crippen MR) is 79.9 cm³/mol. The van der Waals surface area contributed by atoms with E-state index in [2.05, 4.69) is 13.8 Å². The van der Waals surface area contributed by atoms with Crippen LogP contribution >= 0.6 is 11.6 Å². The van der Waals surface area contributed by atoms with Gasteiger partial charge in [0.2, 0.25) is 5.91 Å². The van der Waals surface area contributed by atoms with Crippen molar-refractivity contribution >= 4 is 23.2 Å². The molecule has 0 aromatic heterocycles. The molecule has 1 unspecified atom stereocenters. The fourth-order valence-corrected chi connectivity index (χ4v) is 2.33. The molecule has 0 aliphatic heterocycles. The zero-order valence-corrected chi connectivity index (χ0v) is 12.8. The maximum Gasteiger partial charge on any atom is 0.244 e. The number of ether oxygens (including phenoxy) is 1. The van der Waals surface area contributed by atoms with E-state index in [1.54, 1.807) is 12.0 Å². The molecule has 0 fully saturated rings. The monoisotopic (exact) mass is 283 g/mol. The third-order valence-corrected chi connectivity index (χ3v) is 3.52. The molecule has 1 amide bonds. The van der Waals surface area contributed by atoms with Crippen molar-refractivity contribution in [2.24, 2.45) is 0 Å². The molecule has 0 bridgehead atoms. The van der Waals surface area contributed by atoms with E-state index >= 15 is 0 Å². The molecule has 0 saturated heterocycles. The van der Waals surface area contributed by atoms with Gasteiger partial charge in [-0.3, -0.25) is 9.69 Å². The third-order valence-electron chi connectivity index (χ3n) is 3.29. The van der Waals surface area contributed by atoms with Gasteiger partial charge in [0.05, 0.1) is 5.69 Å². The summed E-state index contributed by atoms with van der Waals surface area (Å²) in [5.41, 5.74) is 3.23. The Morgan fingerprint density at radius 1 is 1.32 bits per heavy atom. The van der Waals surface area contributed by atoms with Crippen LogP contribution in [0.2, 0.25) is 0 Å². The highest BCUT2D eigenvalue weighted by atomic mass is 35.5. The van der Waals surface area contributed by atoms with Gasteiger partial charge in [0.15, 0.2) is 0 Å². The molecule has 0 heterocycles. The molecule has 0 aliphatic carbocycles. The Morgan fingerprint density at radius 2 is 1.84 bits per heavy atom. The summed E-state index contributed by atoms with van der Waals surface area (Å²) in [7, 11) is 1.60. The van der Waals surface area contributed by atoms with Gasteiger partial charge >= 0.3 is 0 Å². The van der Waals surface area contributed by atoms with Crippen molar-refractivity contribution < 1.29 is 9.53 Å². The van der Waals surface area contributed by atoms with E-state index in [0.29, 0.717) is 0 Å². The number of carbonyl (C=O) groups excluding carboxylic acids is 1. The van der Waals surface area contributed by atoms with E-state index in [-0.39, 0.29) is 18.0 Å². The van der Waals surface area contributed by atoms with E-state index in [1.165, 1.54) is 0 Å². The van der Waals surface area contributed by atoms with Crippen molar-refractivity contribution in [3.05, 3.63) is 29.3 Å². The first-order chi connectivity index (χ1) is 9.10. The number of rotatable bonds is 6. The van der Waals surface area contributed by atoms with Crippen LogP contribution in [0.25, 0.3) is 0 Å². The van der Waals surface area contributed by atoms with Crippen LogP contribution in [0, 0.1) is 0 Å². The van der Waals surface area contributed by atoms with Crippen LogP contribution in [-0.2, 0) is 22.4 Å². The molecular formula is C15H22ClNO2. The minimum Gasteiger partial charge on any atom is -0.361 e.